The van der Waals surface area contributed by atoms with Crippen molar-refractivity contribution in [2.75, 3.05) is 0 Å². The number of carboxylic acids is 1. The number of rotatable bonds is 2. The SMILES string of the molecule is C[C@H]1CCC[C@H](C(=O)O)[C@H]1NC(=O)OC(C)(C)C. The molecule has 5 heteroatoms. The summed E-state index contributed by atoms with van der Waals surface area (Å²) in [5.74, 6) is -1.20. The van der Waals surface area contributed by atoms with Crippen LogP contribution in [0.2, 0.25) is 0 Å². The second-order valence-corrected chi connectivity index (χ2v) is 6.02. The average Bonchev–Trinajstić information content (AvgIpc) is 2.17. The molecule has 0 aromatic rings. The van der Waals surface area contributed by atoms with Crippen molar-refractivity contribution >= 4 is 12.1 Å². The molecule has 1 fully saturated rings. The van der Waals surface area contributed by atoms with Gasteiger partial charge in [-0.05, 0) is 39.5 Å². The van der Waals surface area contributed by atoms with Crippen LogP contribution < -0.4 is 5.32 Å². The maximum atomic E-state index is 11.7. The van der Waals surface area contributed by atoms with Gasteiger partial charge in [0.05, 0.1) is 5.92 Å². The molecule has 0 unspecified atom stereocenters. The maximum absolute atomic E-state index is 11.7. The highest BCUT2D eigenvalue weighted by molar-refractivity contribution is 5.74. The van der Waals surface area contributed by atoms with Crippen molar-refractivity contribution in [2.45, 2.75) is 58.6 Å². The standard InChI is InChI=1S/C13H23NO4/c1-8-6-5-7-9(11(15)16)10(8)14-12(17)18-13(2,3)4/h8-10H,5-7H2,1-4H3,(H,14,17)(H,15,16)/t8-,9-,10-/m0/s1. The minimum Gasteiger partial charge on any atom is -0.481 e. The van der Waals surface area contributed by atoms with Crippen molar-refractivity contribution in [3.05, 3.63) is 0 Å². The minimum absolute atomic E-state index is 0.160. The zero-order valence-corrected chi connectivity index (χ0v) is 11.5. The van der Waals surface area contributed by atoms with E-state index in [9.17, 15) is 14.7 Å². The van der Waals surface area contributed by atoms with Crippen LogP contribution in [0.15, 0.2) is 0 Å². The third-order valence-corrected chi connectivity index (χ3v) is 3.22. The molecular weight excluding hydrogens is 234 g/mol. The first-order chi connectivity index (χ1) is 8.20. The second-order valence-electron chi connectivity index (χ2n) is 6.02. The van der Waals surface area contributed by atoms with Crippen molar-refractivity contribution in [1.29, 1.82) is 0 Å². The van der Waals surface area contributed by atoms with E-state index < -0.39 is 23.6 Å². The van der Waals surface area contributed by atoms with E-state index in [1.54, 1.807) is 20.8 Å². The number of aliphatic carboxylic acids is 1. The van der Waals surface area contributed by atoms with Crippen LogP contribution in [0.25, 0.3) is 0 Å². The zero-order valence-electron chi connectivity index (χ0n) is 11.5. The van der Waals surface area contributed by atoms with Gasteiger partial charge in [-0.3, -0.25) is 4.79 Å². The van der Waals surface area contributed by atoms with E-state index in [1.165, 1.54) is 0 Å². The third-order valence-electron chi connectivity index (χ3n) is 3.22. The van der Waals surface area contributed by atoms with Crippen LogP contribution in [0, 0.1) is 11.8 Å². The van der Waals surface area contributed by atoms with Gasteiger partial charge in [0, 0.05) is 6.04 Å². The van der Waals surface area contributed by atoms with Crippen LogP contribution in [0.5, 0.6) is 0 Å². The Morgan fingerprint density at radius 2 is 1.89 bits per heavy atom. The number of ether oxygens (including phenoxy) is 1. The van der Waals surface area contributed by atoms with Crippen LogP contribution in [0.3, 0.4) is 0 Å². The number of carbonyl (C=O) groups excluding carboxylic acids is 1. The highest BCUT2D eigenvalue weighted by atomic mass is 16.6. The van der Waals surface area contributed by atoms with Gasteiger partial charge < -0.3 is 15.2 Å². The molecule has 18 heavy (non-hydrogen) atoms. The summed E-state index contributed by atoms with van der Waals surface area (Å²) in [7, 11) is 0. The van der Waals surface area contributed by atoms with Gasteiger partial charge in [-0.25, -0.2) is 4.79 Å². The number of carboxylic acid groups (broad SMARTS) is 1. The molecule has 0 heterocycles. The van der Waals surface area contributed by atoms with Crippen molar-refractivity contribution < 1.29 is 19.4 Å². The Labute approximate surface area is 108 Å². The molecule has 1 aliphatic rings. The van der Waals surface area contributed by atoms with Crippen LogP contribution in [-0.2, 0) is 9.53 Å². The molecule has 1 saturated carbocycles. The first-order valence-electron chi connectivity index (χ1n) is 6.43. The lowest BCUT2D eigenvalue weighted by Crippen LogP contribution is -2.50. The van der Waals surface area contributed by atoms with Gasteiger partial charge in [0.2, 0.25) is 0 Å². The summed E-state index contributed by atoms with van der Waals surface area (Å²) in [5.41, 5.74) is -0.569. The van der Waals surface area contributed by atoms with E-state index in [0.29, 0.717) is 6.42 Å². The highest BCUT2D eigenvalue weighted by Gasteiger charge is 2.37. The molecule has 0 spiro atoms. The largest absolute Gasteiger partial charge is 0.481 e. The molecule has 0 aromatic heterocycles. The summed E-state index contributed by atoms with van der Waals surface area (Å²) in [4.78, 5) is 22.9. The Kier molecular flexibility index (Phi) is 4.59. The minimum atomic E-state index is -0.845. The van der Waals surface area contributed by atoms with Crippen LogP contribution >= 0.6 is 0 Å². The van der Waals surface area contributed by atoms with Crippen LogP contribution in [-0.4, -0.2) is 28.8 Å². The predicted octanol–water partition coefficient (Wildman–Crippen LogP) is 2.40. The Bertz CT molecular complexity index is 321. The van der Waals surface area contributed by atoms with E-state index >= 15 is 0 Å². The third kappa shape index (κ3) is 4.20. The average molecular weight is 257 g/mol. The molecular formula is C13H23NO4. The molecule has 0 bridgehead atoms. The molecule has 0 saturated heterocycles. The Balaban J connectivity index is 2.66. The molecule has 1 rings (SSSR count). The lowest BCUT2D eigenvalue weighted by atomic mass is 9.78. The summed E-state index contributed by atoms with van der Waals surface area (Å²) in [6.07, 6.45) is 1.90. The molecule has 104 valence electrons. The molecule has 1 amide bonds. The van der Waals surface area contributed by atoms with Crippen molar-refractivity contribution in [3.63, 3.8) is 0 Å². The van der Waals surface area contributed by atoms with E-state index in [2.05, 4.69) is 5.32 Å². The Morgan fingerprint density at radius 3 is 2.39 bits per heavy atom. The molecule has 5 nitrogen and oxygen atoms in total. The van der Waals surface area contributed by atoms with E-state index in [1.807, 2.05) is 6.92 Å². The van der Waals surface area contributed by atoms with Crippen molar-refractivity contribution in [1.82, 2.24) is 5.32 Å². The maximum Gasteiger partial charge on any atom is 0.407 e. The number of carbonyl (C=O) groups is 2. The molecule has 0 aromatic carbocycles. The number of nitrogens with one attached hydrogen (secondary N) is 1. The summed E-state index contributed by atoms with van der Waals surface area (Å²) < 4.78 is 5.17. The van der Waals surface area contributed by atoms with Gasteiger partial charge in [0.15, 0.2) is 0 Å². The van der Waals surface area contributed by atoms with E-state index in [4.69, 9.17) is 4.74 Å². The van der Waals surface area contributed by atoms with Gasteiger partial charge in [0.25, 0.3) is 0 Å². The summed E-state index contributed by atoms with van der Waals surface area (Å²) in [5, 5.41) is 11.9. The van der Waals surface area contributed by atoms with Gasteiger partial charge in [-0.2, -0.15) is 0 Å². The number of hydrogen-bond donors (Lipinski definition) is 2. The molecule has 1 aliphatic carbocycles. The van der Waals surface area contributed by atoms with Crippen LogP contribution in [0.4, 0.5) is 4.79 Å². The molecule has 0 aliphatic heterocycles. The first kappa shape index (κ1) is 14.8. The molecule has 0 radical (unpaired) electrons. The lowest BCUT2D eigenvalue weighted by Gasteiger charge is -2.35. The van der Waals surface area contributed by atoms with Gasteiger partial charge in [-0.15, -0.1) is 0 Å². The first-order valence-corrected chi connectivity index (χ1v) is 6.43. The Hall–Kier alpha value is -1.26. The quantitative estimate of drug-likeness (QED) is 0.796. The number of alkyl carbamates (subject to hydrolysis) is 1. The van der Waals surface area contributed by atoms with Crippen molar-refractivity contribution in [2.24, 2.45) is 11.8 Å². The van der Waals surface area contributed by atoms with Gasteiger partial charge in [0.1, 0.15) is 5.60 Å². The lowest BCUT2D eigenvalue weighted by molar-refractivity contribution is -0.144. The number of amides is 1. The fourth-order valence-electron chi connectivity index (χ4n) is 2.38. The van der Waals surface area contributed by atoms with Crippen LogP contribution in [0.1, 0.15) is 47.0 Å². The topological polar surface area (TPSA) is 75.6 Å². The summed E-state index contributed by atoms with van der Waals surface area (Å²) in [6.45, 7) is 7.32. The fourth-order valence-corrected chi connectivity index (χ4v) is 2.38. The number of hydrogen-bond acceptors (Lipinski definition) is 3. The summed E-state index contributed by atoms with van der Waals surface area (Å²) in [6, 6.07) is -0.342. The van der Waals surface area contributed by atoms with E-state index in [-0.39, 0.29) is 12.0 Å². The van der Waals surface area contributed by atoms with Crippen molar-refractivity contribution in [3.8, 4) is 0 Å². The van der Waals surface area contributed by atoms with Gasteiger partial charge >= 0.3 is 12.1 Å². The highest BCUT2D eigenvalue weighted by Crippen LogP contribution is 2.29. The normalized spacial score (nSPS) is 28.6. The smallest absolute Gasteiger partial charge is 0.407 e. The zero-order chi connectivity index (χ0) is 13.9. The van der Waals surface area contributed by atoms with Gasteiger partial charge in [-0.1, -0.05) is 13.3 Å². The molecule has 2 N–H and O–H groups in total. The fraction of sp³-hybridized carbons (Fsp3) is 0.846. The summed E-state index contributed by atoms with van der Waals surface area (Å²) >= 11 is 0. The monoisotopic (exact) mass is 257 g/mol. The predicted molar refractivity (Wildman–Crippen MR) is 67.3 cm³/mol. The Morgan fingerprint density at radius 1 is 1.28 bits per heavy atom. The second kappa shape index (κ2) is 5.59. The molecule has 3 atom stereocenters. The van der Waals surface area contributed by atoms with E-state index in [0.717, 1.165) is 12.8 Å².